The van der Waals surface area contributed by atoms with Crippen molar-refractivity contribution in [3.05, 3.63) is 97.2 Å². The molecule has 3 aromatic rings. The Kier molecular flexibility index (Phi) is 7.93. The third-order valence-corrected chi connectivity index (χ3v) is 6.75. The predicted molar refractivity (Wildman–Crippen MR) is 142 cm³/mol. The first-order valence-corrected chi connectivity index (χ1v) is 12.5. The Morgan fingerprint density at radius 1 is 1.16 bits per heavy atom. The van der Waals surface area contributed by atoms with E-state index in [1.165, 1.54) is 23.0 Å². The van der Waals surface area contributed by atoms with Crippen molar-refractivity contribution in [3.63, 3.8) is 0 Å². The molecule has 0 unspecified atom stereocenters. The highest BCUT2D eigenvalue weighted by Gasteiger charge is 2.33. The van der Waals surface area contributed by atoms with Gasteiger partial charge in [0, 0.05) is 0 Å². The Bertz CT molecular complexity index is 1550. The van der Waals surface area contributed by atoms with E-state index in [2.05, 4.69) is 11.6 Å². The zero-order valence-corrected chi connectivity index (χ0v) is 22.0. The first-order valence-electron chi connectivity index (χ1n) is 11.7. The monoisotopic (exact) mass is 520 g/mol. The van der Waals surface area contributed by atoms with Gasteiger partial charge in [0.1, 0.15) is 12.4 Å². The van der Waals surface area contributed by atoms with Crippen molar-refractivity contribution in [2.75, 3.05) is 27.4 Å². The smallest absolute Gasteiger partial charge is 0.338 e. The molecule has 0 saturated carbocycles. The summed E-state index contributed by atoms with van der Waals surface area (Å²) in [5.74, 6) is 1.17. The summed E-state index contributed by atoms with van der Waals surface area (Å²) in [7, 11) is 3.08. The van der Waals surface area contributed by atoms with Crippen molar-refractivity contribution >= 4 is 23.4 Å². The van der Waals surface area contributed by atoms with Crippen LogP contribution in [0.25, 0.3) is 6.08 Å². The van der Waals surface area contributed by atoms with Crippen LogP contribution in [0.15, 0.2) is 76.2 Å². The van der Waals surface area contributed by atoms with E-state index in [1.54, 1.807) is 45.2 Å². The maximum absolute atomic E-state index is 13.8. The van der Waals surface area contributed by atoms with Gasteiger partial charge in [0.2, 0.25) is 0 Å². The minimum Gasteiger partial charge on any atom is -0.493 e. The molecule has 9 heteroatoms. The molecule has 8 nitrogen and oxygen atoms in total. The summed E-state index contributed by atoms with van der Waals surface area (Å²) in [6.45, 7) is 7.73. The van der Waals surface area contributed by atoms with Crippen molar-refractivity contribution in [2.24, 2.45) is 4.99 Å². The number of esters is 1. The minimum atomic E-state index is -0.750. The predicted octanol–water partition coefficient (Wildman–Crippen LogP) is 3.38. The third-order valence-electron chi connectivity index (χ3n) is 5.76. The first kappa shape index (κ1) is 26.0. The number of benzene rings is 2. The van der Waals surface area contributed by atoms with Gasteiger partial charge in [-0.05, 0) is 55.3 Å². The number of hydrogen-bond acceptors (Lipinski definition) is 8. The Hall–Kier alpha value is -4.11. The lowest BCUT2D eigenvalue weighted by Gasteiger charge is -2.25. The number of fused-ring (bicyclic) bond motifs is 1. The van der Waals surface area contributed by atoms with Gasteiger partial charge >= 0.3 is 5.97 Å². The van der Waals surface area contributed by atoms with E-state index in [0.717, 1.165) is 5.56 Å². The molecule has 1 aromatic heterocycles. The summed E-state index contributed by atoms with van der Waals surface area (Å²) in [4.78, 5) is 32.0. The van der Waals surface area contributed by atoms with E-state index in [0.29, 0.717) is 50.0 Å². The molecule has 0 bridgehead atoms. The summed E-state index contributed by atoms with van der Waals surface area (Å²) in [6, 6.07) is 12.0. The van der Waals surface area contributed by atoms with E-state index in [9.17, 15) is 9.59 Å². The summed E-state index contributed by atoms with van der Waals surface area (Å²) in [5, 5.41) is 0. The molecule has 1 atom stereocenters. The van der Waals surface area contributed by atoms with Crippen LogP contribution in [0, 0.1) is 0 Å². The van der Waals surface area contributed by atoms with Crippen LogP contribution in [0.5, 0.6) is 17.2 Å². The second-order valence-electron chi connectivity index (χ2n) is 8.09. The number of ether oxygens (including phenoxy) is 4. The molecule has 192 valence electrons. The zero-order valence-electron chi connectivity index (χ0n) is 21.1. The second kappa shape index (κ2) is 11.3. The number of aromatic nitrogens is 1. The SMILES string of the molecule is C=CCOc1cccc(/C=c2\sc3n(c2=O)[C@H](c2ccc(OC)c(OC)c2)C(C(=O)OCC)=C(C)N=3)c1. The van der Waals surface area contributed by atoms with Gasteiger partial charge in [-0.25, -0.2) is 9.79 Å². The van der Waals surface area contributed by atoms with Gasteiger partial charge in [-0.1, -0.05) is 42.2 Å². The number of hydrogen-bond donors (Lipinski definition) is 0. The molecule has 0 amide bonds. The van der Waals surface area contributed by atoms with Gasteiger partial charge in [0.15, 0.2) is 16.3 Å². The van der Waals surface area contributed by atoms with Gasteiger partial charge in [-0.15, -0.1) is 0 Å². The van der Waals surface area contributed by atoms with Crippen molar-refractivity contribution in [1.29, 1.82) is 0 Å². The summed E-state index contributed by atoms with van der Waals surface area (Å²) < 4.78 is 23.9. The number of nitrogens with zero attached hydrogens (tertiary/aromatic N) is 2. The fourth-order valence-electron chi connectivity index (χ4n) is 4.13. The van der Waals surface area contributed by atoms with Gasteiger partial charge in [-0.2, -0.15) is 0 Å². The molecule has 0 aliphatic carbocycles. The lowest BCUT2D eigenvalue weighted by Crippen LogP contribution is -2.39. The molecular weight excluding hydrogens is 492 g/mol. The second-order valence-corrected chi connectivity index (χ2v) is 9.10. The van der Waals surface area contributed by atoms with Crippen LogP contribution in [0.2, 0.25) is 0 Å². The van der Waals surface area contributed by atoms with Gasteiger partial charge < -0.3 is 18.9 Å². The van der Waals surface area contributed by atoms with E-state index in [1.807, 2.05) is 30.3 Å². The minimum absolute atomic E-state index is 0.197. The van der Waals surface area contributed by atoms with Crippen molar-refractivity contribution in [1.82, 2.24) is 4.57 Å². The van der Waals surface area contributed by atoms with Gasteiger partial charge in [0.25, 0.3) is 5.56 Å². The molecular formula is C28H28N2O6S. The maximum atomic E-state index is 13.8. The number of methoxy groups -OCH3 is 2. The number of allylic oxidation sites excluding steroid dienone is 1. The van der Waals surface area contributed by atoms with Crippen LogP contribution in [0.4, 0.5) is 0 Å². The lowest BCUT2D eigenvalue weighted by atomic mass is 9.95. The Morgan fingerprint density at radius 3 is 2.65 bits per heavy atom. The first-order chi connectivity index (χ1) is 17.9. The molecule has 2 aromatic carbocycles. The molecule has 37 heavy (non-hydrogen) atoms. The zero-order chi connectivity index (χ0) is 26.5. The Labute approximate surface area is 218 Å². The van der Waals surface area contributed by atoms with Gasteiger partial charge in [0.05, 0.1) is 42.7 Å². The highest BCUT2D eigenvalue weighted by Crippen LogP contribution is 2.36. The molecule has 0 N–H and O–H groups in total. The molecule has 1 aliphatic rings. The highest BCUT2D eigenvalue weighted by atomic mass is 32.1. The molecule has 0 saturated heterocycles. The highest BCUT2D eigenvalue weighted by molar-refractivity contribution is 7.07. The van der Waals surface area contributed by atoms with Crippen LogP contribution in [-0.4, -0.2) is 38.0 Å². The van der Waals surface area contributed by atoms with Crippen LogP contribution in [-0.2, 0) is 9.53 Å². The molecule has 2 heterocycles. The van der Waals surface area contributed by atoms with E-state index in [-0.39, 0.29) is 12.2 Å². The normalized spacial score (nSPS) is 15.0. The summed E-state index contributed by atoms with van der Waals surface area (Å²) >= 11 is 1.26. The summed E-state index contributed by atoms with van der Waals surface area (Å²) in [5.41, 5.74) is 1.99. The summed E-state index contributed by atoms with van der Waals surface area (Å²) in [6.07, 6.45) is 3.46. The van der Waals surface area contributed by atoms with Crippen molar-refractivity contribution in [3.8, 4) is 17.2 Å². The van der Waals surface area contributed by atoms with Crippen LogP contribution in [0.3, 0.4) is 0 Å². The van der Waals surface area contributed by atoms with E-state index >= 15 is 0 Å². The third kappa shape index (κ3) is 5.22. The number of carbonyl (C=O) groups excluding carboxylic acids is 1. The van der Waals surface area contributed by atoms with Crippen molar-refractivity contribution < 1.29 is 23.7 Å². The lowest BCUT2D eigenvalue weighted by molar-refractivity contribution is -0.139. The van der Waals surface area contributed by atoms with Crippen LogP contribution >= 0.6 is 11.3 Å². The Balaban J connectivity index is 1.91. The average molecular weight is 521 g/mol. The van der Waals surface area contributed by atoms with Crippen LogP contribution in [0.1, 0.15) is 31.0 Å². The molecule has 0 radical (unpaired) electrons. The number of thiazole rings is 1. The number of carbonyl (C=O) groups is 1. The van der Waals surface area contributed by atoms with Gasteiger partial charge in [-0.3, -0.25) is 9.36 Å². The molecule has 0 fully saturated rings. The van der Waals surface area contributed by atoms with E-state index < -0.39 is 12.0 Å². The maximum Gasteiger partial charge on any atom is 0.338 e. The standard InChI is InChI=1S/C28H28N2O6S/c1-6-13-36-20-10-8-9-18(14-20)15-23-26(31)30-25(19-11-12-21(33-4)22(16-19)34-5)24(27(32)35-7-2)17(3)29-28(30)37-23/h6,8-12,14-16,25H,1,7,13H2,2-5H3/b23-15-/t25-/m1/s1. The fourth-order valence-corrected chi connectivity index (χ4v) is 5.18. The van der Waals surface area contributed by atoms with E-state index in [4.69, 9.17) is 18.9 Å². The fraction of sp³-hybridized carbons (Fsp3) is 0.250. The topological polar surface area (TPSA) is 88.3 Å². The molecule has 4 rings (SSSR count). The quantitative estimate of drug-likeness (QED) is 0.318. The Morgan fingerprint density at radius 2 is 1.95 bits per heavy atom. The number of rotatable bonds is 9. The average Bonchev–Trinajstić information content (AvgIpc) is 3.20. The molecule has 1 aliphatic heterocycles. The largest absolute Gasteiger partial charge is 0.493 e. The molecule has 0 spiro atoms. The van der Waals surface area contributed by atoms with Crippen molar-refractivity contribution in [2.45, 2.75) is 19.9 Å². The van der Waals surface area contributed by atoms with Crippen LogP contribution < -0.4 is 29.1 Å².